The SMILES string of the molecule is COC(=O)CC(=O)N1CCS[C@@H]1COc1ccccc1OC. The van der Waals surface area contributed by atoms with Crippen LogP contribution in [0.4, 0.5) is 0 Å². The minimum Gasteiger partial charge on any atom is -0.493 e. The first-order chi connectivity index (χ1) is 10.7. The van der Waals surface area contributed by atoms with Crippen LogP contribution in [0.1, 0.15) is 6.42 Å². The van der Waals surface area contributed by atoms with Gasteiger partial charge in [0.2, 0.25) is 5.91 Å². The summed E-state index contributed by atoms with van der Waals surface area (Å²) in [4.78, 5) is 25.0. The lowest BCUT2D eigenvalue weighted by Crippen LogP contribution is -2.39. The van der Waals surface area contributed by atoms with Crippen molar-refractivity contribution in [1.29, 1.82) is 0 Å². The fourth-order valence-electron chi connectivity index (χ4n) is 2.14. The number of hydrogen-bond donors (Lipinski definition) is 0. The molecule has 0 aliphatic carbocycles. The predicted octanol–water partition coefficient (Wildman–Crippen LogP) is 1.54. The number of esters is 1. The molecule has 0 N–H and O–H groups in total. The Kier molecular flexibility index (Phi) is 5.94. The summed E-state index contributed by atoms with van der Waals surface area (Å²) in [5.74, 6) is 1.36. The highest BCUT2D eigenvalue weighted by molar-refractivity contribution is 8.00. The van der Waals surface area contributed by atoms with Crippen molar-refractivity contribution in [1.82, 2.24) is 4.90 Å². The summed E-state index contributed by atoms with van der Waals surface area (Å²) in [6.45, 7) is 0.957. The third-order valence-corrected chi connectivity index (χ3v) is 4.48. The first kappa shape index (κ1) is 16.5. The molecule has 7 heteroatoms. The van der Waals surface area contributed by atoms with Gasteiger partial charge in [0.15, 0.2) is 11.5 Å². The summed E-state index contributed by atoms with van der Waals surface area (Å²) >= 11 is 1.63. The Morgan fingerprint density at radius 3 is 2.68 bits per heavy atom. The molecule has 2 rings (SSSR count). The number of thioether (sulfide) groups is 1. The summed E-state index contributed by atoms with van der Waals surface area (Å²) in [5, 5.41) is -0.109. The normalized spacial score (nSPS) is 17.2. The molecule has 1 amide bonds. The van der Waals surface area contributed by atoms with E-state index in [0.29, 0.717) is 24.7 Å². The van der Waals surface area contributed by atoms with Crippen LogP contribution in [0.5, 0.6) is 11.5 Å². The average molecular weight is 325 g/mol. The summed E-state index contributed by atoms with van der Waals surface area (Å²) < 4.78 is 15.5. The molecule has 0 radical (unpaired) electrons. The zero-order chi connectivity index (χ0) is 15.9. The van der Waals surface area contributed by atoms with Crippen LogP contribution >= 0.6 is 11.8 Å². The second-order valence-electron chi connectivity index (χ2n) is 4.63. The molecule has 120 valence electrons. The van der Waals surface area contributed by atoms with Gasteiger partial charge in [-0.05, 0) is 12.1 Å². The second-order valence-corrected chi connectivity index (χ2v) is 5.91. The fourth-order valence-corrected chi connectivity index (χ4v) is 3.28. The molecule has 0 aromatic heterocycles. The van der Waals surface area contributed by atoms with Gasteiger partial charge in [0.1, 0.15) is 18.4 Å². The molecule has 1 aromatic rings. The average Bonchev–Trinajstić information content (AvgIpc) is 3.01. The highest BCUT2D eigenvalue weighted by Gasteiger charge is 2.31. The van der Waals surface area contributed by atoms with E-state index in [1.165, 1.54) is 7.11 Å². The number of rotatable bonds is 6. The third-order valence-electron chi connectivity index (χ3n) is 3.28. The van der Waals surface area contributed by atoms with E-state index in [1.54, 1.807) is 23.8 Å². The number of benzene rings is 1. The molecule has 1 aliphatic rings. The Hall–Kier alpha value is -1.89. The van der Waals surface area contributed by atoms with Gasteiger partial charge in [0.25, 0.3) is 0 Å². The summed E-state index contributed by atoms with van der Waals surface area (Å²) in [7, 11) is 2.86. The third kappa shape index (κ3) is 4.07. The Labute approximate surface area is 133 Å². The Balaban J connectivity index is 1.94. The van der Waals surface area contributed by atoms with Gasteiger partial charge in [-0.3, -0.25) is 9.59 Å². The molecule has 1 atom stereocenters. The molecule has 1 aliphatic heterocycles. The van der Waals surface area contributed by atoms with E-state index >= 15 is 0 Å². The lowest BCUT2D eigenvalue weighted by Gasteiger charge is -2.23. The number of amides is 1. The number of carbonyl (C=O) groups is 2. The molecule has 1 fully saturated rings. The van der Waals surface area contributed by atoms with E-state index < -0.39 is 5.97 Å². The number of ether oxygens (including phenoxy) is 3. The first-order valence-electron chi connectivity index (χ1n) is 6.89. The van der Waals surface area contributed by atoms with Gasteiger partial charge in [-0.15, -0.1) is 11.8 Å². The van der Waals surface area contributed by atoms with Crippen LogP contribution in [-0.2, 0) is 14.3 Å². The summed E-state index contributed by atoms with van der Waals surface area (Å²) in [6.07, 6.45) is -0.234. The van der Waals surface area contributed by atoms with Crippen molar-refractivity contribution >= 4 is 23.6 Å². The van der Waals surface area contributed by atoms with Gasteiger partial charge >= 0.3 is 5.97 Å². The van der Waals surface area contributed by atoms with Gasteiger partial charge < -0.3 is 19.1 Å². The fraction of sp³-hybridized carbons (Fsp3) is 0.467. The van der Waals surface area contributed by atoms with Crippen LogP contribution in [0.25, 0.3) is 0 Å². The molecular formula is C15H19NO5S. The maximum absolute atomic E-state index is 12.1. The molecule has 1 heterocycles. The molecule has 1 aromatic carbocycles. The minimum atomic E-state index is -0.522. The van der Waals surface area contributed by atoms with Gasteiger partial charge in [-0.1, -0.05) is 12.1 Å². The van der Waals surface area contributed by atoms with E-state index in [0.717, 1.165) is 5.75 Å². The van der Waals surface area contributed by atoms with E-state index in [4.69, 9.17) is 9.47 Å². The van der Waals surface area contributed by atoms with E-state index in [1.807, 2.05) is 24.3 Å². The van der Waals surface area contributed by atoms with Crippen LogP contribution in [-0.4, -0.2) is 55.3 Å². The molecule has 1 saturated heterocycles. The van der Waals surface area contributed by atoms with Crippen molar-refractivity contribution in [2.24, 2.45) is 0 Å². The van der Waals surface area contributed by atoms with Crippen LogP contribution in [0.15, 0.2) is 24.3 Å². The number of nitrogens with zero attached hydrogens (tertiary/aromatic N) is 1. The highest BCUT2D eigenvalue weighted by Crippen LogP contribution is 2.29. The Morgan fingerprint density at radius 2 is 2.00 bits per heavy atom. The summed E-state index contributed by atoms with van der Waals surface area (Å²) in [6, 6.07) is 7.36. The van der Waals surface area contributed by atoms with Gasteiger partial charge in [-0.25, -0.2) is 0 Å². The highest BCUT2D eigenvalue weighted by atomic mass is 32.2. The summed E-state index contributed by atoms with van der Waals surface area (Å²) in [5.41, 5.74) is 0. The van der Waals surface area contributed by atoms with Gasteiger partial charge in [0, 0.05) is 12.3 Å². The topological polar surface area (TPSA) is 65.1 Å². The van der Waals surface area contributed by atoms with Crippen LogP contribution in [0.2, 0.25) is 0 Å². The Morgan fingerprint density at radius 1 is 1.27 bits per heavy atom. The van der Waals surface area contributed by atoms with Crippen LogP contribution < -0.4 is 9.47 Å². The quantitative estimate of drug-likeness (QED) is 0.584. The monoisotopic (exact) mass is 325 g/mol. The van der Waals surface area contributed by atoms with E-state index in [-0.39, 0.29) is 17.7 Å². The molecule has 0 unspecified atom stereocenters. The number of carbonyl (C=O) groups excluding carboxylic acids is 2. The van der Waals surface area contributed by atoms with Crippen molar-refractivity contribution in [3.8, 4) is 11.5 Å². The molecule has 6 nitrogen and oxygen atoms in total. The lowest BCUT2D eigenvalue weighted by molar-refractivity contribution is -0.147. The number of hydrogen-bond acceptors (Lipinski definition) is 6. The van der Waals surface area contributed by atoms with Crippen molar-refractivity contribution < 1.29 is 23.8 Å². The van der Waals surface area contributed by atoms with Crippen molar-refractivity contribution in [2.75, 3.05) is 33.1 Å². The number of methoxy groups -OCH3 is 2. The molecular weight excluding hydrogens is 306 g/mol. The molecule has 0 bridgehead atoms. The van der Waals surface area contributed by atoms with Gasteiger partial charge in [0.05, 0.1) is 14.2 Å². The van der Waals surface area contributed by atoms with Gasteiger partial charge in [-0.2, -0.15) is 0 Å². The largest absolute Gasteiger partial charge is 0.493 e. The zero-order valence-corrected chi connectivity index (χ0v) is 13.4. The first-order valence-corrected chi connectivity index (χ1v) is 7.94. The zero-order valence-electron chi connectivity index (χ0n) is 12.6. The van der Waals surface area contributed by atoms with Crippen molar-refractivity contribution in [3.63, 3.8) is 0 Å². The standard InChI is InChI=1S/C15H19NO5S/c1-19-11-5-3-4-6-12(11)21-10-14-16(7-8-22-14)13(17)9-15(18)20-2/h3-6,14H,7-10H2,1-2H3/t14-/m1/s1. The second kappa shape index (κ2) is 7.93. The smallest absolute Gasteiger partial charge is 0.315 e. The van der Waals surface area contributed by atoms with E-state index in [2.05, 4.69) is 4.74 Å². The number of para-hydroxylation sites is 2. The van der Waals surface area contributed by atoms with Crippen molar-refractivity contribution in [3.05, 3.63) is 24.3 Å². The minimum absolute atomic E-state index is 0.109. The van der Waals surface area contributed by atoms with E-state index in [9.17, 15) is 9.59 Å². The Bertz CT molecular complexity index is 536. The van der Waals surface area contributed by atoms with Crippen molar-refractivity contribution in [2.45, 2.75) is 11.8 Å². The molecule has 0 spiro atoms. The van der Waals surface area contributed by atoms with Crippen LogP contribution in [0, 0.1) is 0 Å². The maximum atomic E-state index is 12.1. The van der Waals surface area contributed by atoms with Crippen LogP contribution in [0.3, 0.4) is 0 Å². The maximum Gasteiger partial charge on any atom is 0.315 e. The molecule has 0 saturated carbocycles. The molecule has 22 heavy (non-hydrogen) atoms. The predicted molar refractivity (Wildman–Crippen MR) is 83.1 cm³/mol. The lowest BCUT2D eigenvalue weighted by atomic mass is 10.3.